The summed E-state index contributed by atoms with van der Waals surface area (Å²) in [6.07, 6.45) is 0. The van der Waals surface area contributed by atoms with E-state index in [-0.39, 0.29) is 11.9 Å². The highest BCUT2D eigenvalue weighted by molar-refractivity contribution is 7.99. The molecule has 0 aliphatic rings. The molecule has 0 amide bonds. The minimum Gasteiger partial charge on any atom is -0.324 e. The smallest absolute Gasteiger partial charge is 0.129 e. The van der Waals surface area contributed by atoms with Gasteiger partial charge in [-0.15, -0.1) is 0 Å². The molecule has 0 aliphatic heterocycles. The topological polar surface area (TPSA) is 26.0 Å². The fourth-order valence-electron chi connectivity index (χ4n) is 1.78. The van der Waals surface area contributed by atoms with Gasteiger partial charge in [-0.1, -0.05) is 35.5 Å². The van der Waals surface area contributed by atoms with Gasteiger partial charge in [0.2, 0.25) is 0 Å². The number of hydrogen-bond acceptors (Lipinski definition) is 2. The highest BCUT2D eigenvalue weighted by atomic mass is 32.2. The Kier molecular flexibility index (Phi) is 4.04. The van der Waals surface area contributed by atoms with Gasteiger partial charge in [-0.2, -0.15) is 0 Å². The summed E-state index contributed by atoms with van der Waals surface area (Å²) in [5, 5.41) is 0. The summed E-state index contributed by atoms with van der Waals surface area (Å²) >= 11 is 1.55. The molecule has 0 bridgehead atoms. The Balaban J connectivity index is 2.34. The number of nitrogens with two attached hydrogens (primary N) is 1. The van der Waals surface area contributed by atoms with Crippen molar-refractivity contribution in [3.8, 4) is 0 Å². The summed E-state index contributed by atoms with van der Waals surface area (Å²) in [5.74, 6) is -0.234. The molecule has 0 heterocycles. The maximum atomic E-state index is 13.8. The fourth-order valence-corrected chi connectivity index (χ4v) is 2.85. The van der Waals surface area contributed by atoms with Gasteiger partial charge in [0.05, 0.1) is 0 Å². The zero-order valence-corrected chi connectivity index (χ0v) is 11.3. The largest absolute Gasteiger partial charge is 0.324 e. The Bertz CT molecular complexity index is 535. The van der Waals surface area contributed by atoms with Gasteiger partial charge in [-0.3, -0.25) is 0 Å². The van der Waals surface area contributed by atoms with Crippen LogP contribution < -0.4 is 5.73 Å². The standard InChI is InChI=1S/C15H16FNS/c1-10-6-8-12(9-7-10)18-14-5-3-4-13(16)15(14)11(2)17/h3-9,11H,17H2,1-2H3/t11-/m0/s1. The van der Waals surface area contributed by atoms with Crippen molar-refractivity contribution < 1.29 is 4.39 Å². The SMILES string of the molecule is Cc1ccc(Sc2cccc(F)c2[C@H](C)N)cc1. The molecular weight excluding hydrogens is 245 g/mol. The van der Waals surface area contributed by atoms with E-state index >= 15 is 0 Å². The van der Waals surface area contributed by atoms with E-state index in [1.807, 2.05) is 37.3 Å². The number of aryl methyl sites for hydroxylation is 1. The third-order valence-corrected chi connectivity index (χ3v) is 3.80. The van der Waals surface area contributed by atoms with Crippen molar-refractivity contribution in [1.29, 1.82) is 0 Å². The van der Waals surface area contributed by atoms with Gasteiger partial charge in [-0.25, -0.2) is 4.39 Å². The van der Waals surface area contributed by atoms with Crippen LogP contribution >= 0.6 is 11.8 Å². The van der Waals surface area contributed by atoms with E-state index in [2.05, 4.69) is 0 Å². The minimum absolute atomic E-state index is 0.234. The molecule has 1 nitrogen and oxygen atoms in total. The van der Waals surface area contributed by atoms with Gasteiger partial charge >= 0.3 is 0 Å². The third-order valence-electron chi connectivity index (χ3n) is 2.72. The summed E-state index contributed by atoms with van der Waals surface area (Å²) in [7, 11) is 0. The van der Waals surface area contributed by atoms with Crippen LogP contribution in [0.1, 0.15) is 24.1 Å². The van der Waals surface area contributed by atoms with E-state index in [1.54, 1.807) is 24.8 Å². The average Bonchev–Trinajstić information content (AvgIpc) is 2.32. The summed E-state index contributed by atoms with van der Waals surface area (Å²) in [6.45, 7) is 3.85. The Morgan fingerprint density at radius 3 is 2.39 bits per heavy atom. The molecule has 1 atom stereocenters. The van der Waals surface area contributed by atoms with Crippen LogP contribution in [0.25, 0.3) is 0 Å². The lowest BCUT2D eigenvalue weighted by molar-refractivity contribution is 0.585. The molecule has 2 N–H and O–H groups in total. The highest BCUT2D eigenvalue weighted by Crippen LogP contribution is 2.34. The number of hydrogen-bond donors (Lipinski definition) is 1. The first-order valence-corrected chi connectivity index (χ1v) is 6.68. The number of rotatable bonds is 3. The molecule has 0 radical (unpaired) electrons. The van der Waals surface area contributed by atoms with Crippen LogP contribution in [0.2, 0.25) is 0 Å². The van der Waals surface area contributed by atoms with Crippen LogP contribution in [0.3, 0.4) is 0 Å². The van der Waals surface area contributed by atoms with Crippen molar-refractivity contribution in [3.63, 3.8) is 0 Å². The van der Waals surface area contributed by atoms with Crippen LogP contribution in [-0.4, -0.2) is 0 Å². The first kappa shape index (κ1) is 13.1. The predicted octanol–water partition coefficient (Wildman–Crippen LogP) is 4.31. The van der Waals surface area contributed by atoms with E-state index in [9.17, 15) is 4.39 Å². The Morgan fingerprint density at radius 1 is 1.11 bits per heavy atom. The first-order chi connectivity index (χ1) is 8.58. The van der Waals surface area contributed by atoms with Gasteiger partial charge in [0.25, 0.3) is 0 Å². The average molecular weight is 261 g/mol. The lowest BCUT2D eigenvalue weighted by Crippen LogP contribution is -2.08. The molecule has 94 valence electrons. The van der Waals surface area contributed by atoms with Crippen LogP contribution in [-0.2, 0) is 0 Å². The zero-order valence-electron chi connectivity index (χ0n) is 10.5. The Morgan fingerprint density at radius 2 is 1.78 bits per heavy atom. The molecule has 0 saturated carbocycles. The zero-order chi connectivity index (χ0) is 13.1. The second kappa shape index (κ2) is 5.55. The molecule has 2 aromatic carbocycles. The summed E-state index contributed by atoms with van der Waals surface area (Å²) in [4.78, 5) is 1.97. The van der Waals surface area contributed by atoms with E-state index in [1.165, 1.54) is 11.6 Å². The van der Waals surface area contributed by atoms with Gasteiger partial charge in [-0.05, 0) is 38.1 Å². The maximum absolute atomic E-state index is 13.8. The molecular formula is C15H16FNS. The van der Waals surface area contributed by atoms with Crippen molar-refractivity contribution in [1.82, 2.24) is 0 Å². The quantitative estimate of drug-likeness (QED) is 0.891. The van der Waals surface area contributed by atoms with E-state index in [0.717, 1.165) is 9.79 Å². The Hall–Kier alpha value is -1.32. The molecule has 3 heteroatoms. The molecule has 0 fully saturated rings. The van der Waals surface area contributed by atoms with Crippen LogP contribution in [0.4, 0.5) is 4.39 Å². The molecule has 0 aliphatic carbocycles. The summed E-state index contributed by atoms with van der Waals surface area (Å²) in [5.41, 5.74) is 7.64. The molecule has 18 heavy (non-hydrogen) atoms. The van der Waals surface area contributed by atoms with Crippen molar-refractivity contribution in [2.75, 3.05) is 0 Å². The van der Waals surface area contributed by atoms with Crippen molar-refractivity contribution in [2.24, 2.45) is 5.73 Å². The second-order valence-corrected chi connectivity index (χ2v) is 5.47. The Labute approximate surface area is 111 Å². The molecule has 0 spiro atoms. The van der Waals surface area contributed by atoms with Gasteiger partial charge in [0.1, 0.15) is 5.82 Å². The van der Waals surface area contributed by atoms with Crippen molar-refractivity contribution >= 4 is 11.8 Å². The molecule has 0 aromatic heterocycles. The number of halogens is 1. The van der Waals surface area contributed by atoms with Gasteiger partial charge < -0.3 is 5.73 Å². The lowest BCUT2D eigenvalue weighted by atomic mass is 10.1. The van der Waals surface area contributed by atoms with Crippen molar-refractivity contribution in [3.05, 3.63) is 59.4 Å². The molecule has 2 aromatic rings. The summed E-state index contributed by atoms with van der Waals surface area (Å²) < 4.78 is 13.8. The van der Waals surface area contributed by atoms with E-state index in [0.29, 0.717) is 5.56 Å². The maximum Gasteiger partial charge on any atom is 0.129 e. The third kappa shape index (κ3) is 2.92. The lowest BCUT2D eigenvalue weighted by Gasteiger charge is -2.13. The summed E-state index contributed by atoms with van der Waals surface area (Å²) in [6, 6.07) is 13.0. The normalized spacial score (nSPS) is 12.4. The van der Waals surface area contributed by atoms with Gasteiger partial charge in [0.15, 0.2) is 0 Å². The molecule has 0 saturated heterocycles. The van der Waals surface area contributed by atoms with Crippen molar-refractivity contribution in [2.45, 2.75) is 29.7 Å². The molecule has 2 rings (SSSR count). The second-order valence-electron chi connectivity index (χ2n) is 4.36. The highest BCUT2D eigenvalue weighted by Gasteiger charge is 2.13. The van der Waals surface area contributed by atoms with Crippen LogP contribution in [0.15, 0.2) is 52.3 Å². The van der Waals surface area contributed by atoms with Crippen LogP contribution in [0.5, 0.6) is 0 Å². The van der Waals surface area contributed by atoms with E-state index in [4.69, 9.17) is 5.73 Å². The minimum atomic E-state index is -0.306. The van der Waals surface area contributed by atoms with Gasteiger partial charge in [0, 0.05) is 21.4 Å². The predicted molar refractivity (Wildman–Crippen MR) is 74.3 cm³/mol. The number of benzene rings is 2. The monoisotopic (exact) mass is 261 g/mol. The molecule has 0 unspecified atom stereocenters. The van der Waals surface area contributed by atoms with E-state index < -0.39 is 0 Å². The first-order valence-electron chi connectivity index (χ1n) is 5.86. The fraction of sp³-hybridized carbons (Fsp3) is 0.200. The van der Waals surface area contributed by atoms with Crippen LogP contribution in [0, 0.1) is 12.7 Å².